The lowest BCUT2D eigenvalue weighted by molar-refractivity contribution is -0.122. The Labute approximate surface area is 148 Å². The Balaban J connectivity index is 1.61. The second-order valence-corrected chi connectivity index (χ2v) is 6.12. The van der Waals surface area contributed by atoms with E-state index in [1.54, 1.807) is 31.2 Å². The number of nitrogens with one attached hydrogen (secondary N) is 1. The van der Waals surface area contributed by atoms with Gasteiger partial charge in [-0.1, -0.05) is 34.3 Å². The zero-order valence-corrected chi connectivity index (χ0v) is 14.3. The van der Waals surface area contributed by atoms with Crippen molar-refractivity contribution in [2.24, 2.45) is 0 Å². The van der Waals surface area contributed by atoms with E-state index in [-0.39, 0.29) is 5.91 Å². The second kappa shape index (κ2) is 7.42. The van der Waals surface area contributed by atoms with E-state index < -0.39 is 6.10 Å². The normalized spacial score (nSPS) is 11.8. The van der Waals surface area contributed by atoms with Crippen molar-refractivity contribution in [1.29, 1.82) is 0 Å². The van der Waals surface area contributed by atoms with Crippen LogP contribution in [0.15, 0.2) is 53.9 Å². The molecule has 0 saturated heterocycles. The molecule has 0 aliphatic carbocycles. The van der Waals surface area contributed by atoms with E-state index in [9.17, 15) is 4.79 Å². The zero-order valence-electron chi connectivity index (χ0n) is 12.8. The molecule has 0 fully saturated rings. The molecule has 2 aromatic carbocycles. The maximum Gasteiger partial charge on any atom is 0.265 e. The monoisotopic (exact) mass is 359 g/mol. The molecule has 1 heterocycles. The topological polar surface area (TPSA) is 64.1 Å². The summed E-state index contributed by atoms with van der Waals surface area (Å²) in [5.74, 6) is 0.314. The molecule has 1 unspecified atom stereocenters. The second-order valence-electron chi connectivity index (χ2n) is 5.07. The van der Waals surface area contributed by atoms with E-state index in [4.69, 9.17) is 16.3 Å². The molecule has 1 aromatic heterocycles. The number of hydrogen-bond donors (Lipinski definition) is 1. The van der Waals surface area contributed by atoms with E-state index >= 15 is 0 Å². The summed E-state index contributed by atoms with van der Waals surface area (Å²) < 4.78 is 9.43. The quantitative estimate of drug-likeness (QED) is 0.739. The van der Waals surface area contributed by atoms with Gasteiger partial charge in [0, 0.05) is 21.7 Å². The third-order valence-electron chi connectivity index (χ3n) is 3.29. The SMILES string of the molecule is CC(Oc1cccc(Cl)c1)C(=O)Nc1ccc(-c2csnn2)cc1. The van der Waals surface area contributed by atoms with Crippen molar-refractivity contribution in [3.63, 3.8) is 0 Å². The third-order valence-corrected chi connectivity index (χ3v) is 4.03. The van der Waals surface area contributed by atoms with Gasteiger partial charge in [0.25, 0.3) is 5.91 Å². The molecule has 0 bridgehead atoms. The highest BCUT2D eigenvalue weighted by atomic mass is 35.5. The Bertz CT molecular complexity index is 822. The first-order valence-electron chi connectivity index (χ1n) is 7.22. The Morgan fingerprint density at radius 2 is 2.04 bits per heavy atom. The zero-order chi connectivity index (χ0) is 16.9. The average molecular weight is 360 g/mol. The lowest BCUT2D eigenvalue weighted by Gasteiger charge is -2.15. The summed E-state index contributed by atoms with van der Waals surface area (Å²) in [5, 5.41) is 9.26. The minimum absolute atomic E-state index is 0.238. The highest BCUT2D eigenvalue weighted by molar-refractivity contribution is 7.03. The first-order chi connectivity index (χ1) is 11.6. The molecular formula is C17H14ClN3O2S. The van der Waals surface area contributed by atoms with Gasteiger partial charge in [0.1, 0.15) is 11.4 Å². The predicted octanol–water partition coefficient (Wildman–Crippen LogP) is 4.26. The maximum absolute atomic E-state index is 12.2. The number of anilines is 1. The number of carbonyl (C=O) groups is 1. The highest BCUT2D eigenvalue weighted by Crippen LogP contribution is 2.21. The van der Waals surface area contributed by atoms with E-state index in [1.165, 1.54) is 11.5 Å². The maximum atomic E-state index is 12.2. The number of aromatic nitrogens is 2. The number of nitrogens with zero attached hydrogens (tertiary/aromatic N) is 2. The molecular weight excluding hydrogens is 346 g/mol. The van der Waals surface area contributed by atoms with Crippen molar-refractivity contribution in [2.45, 2.75) is 13.0 Å². The predicted molar refractivity (Wildman–Crippen MR) is 95.5 cm³/mol. The molecule has 1 N–H and O–H groups in total. The summed E-state index contributed by atoms with van der Waals surface area (Å²) in [6.07, 6.45) is -0.647. The first-order valence-corrected chi connectivity index (χ1v) is 8.44. The number of rotatable bonds is 5. The van der Waals surface area contributed by atoms with Gasteiger partial charge in [-0.25, -0.2) is 0 Å². The number of amides is 1. The van der Waals surface area contributed by atoms with Crippen molar-refractivity contribution >= 4 is 34.7 Å². The summed E-state index contributed by atoms with van der Waals surface area (Å²) >= 11 is 7.20. The minimum Gasteiger partial charge on any atom is -0.481 e. The van der Waals surface area contributed by atoms with Gasteiger partial charge in [0.2, 0.25) is 0 Å². The van der Waals surface area contributed by atoms with Crippen molar-refractivity contribution < 1.29 is 9.53 Å². The average Bonchev–Trinajstić information content (AvgIpc) is 3.10. The number of benzene rings is 2. The smallest absolute Gasteiger partial charge is 0.265 e. The molecule has 0 aliphatic heterocycles. The van der Waals surface area contributed by atoms with Gasteiger partial charge in [-0.2, -0.15) is 0 Å². The summed E-state index contributed by atoms with van der Waals surface area (Å²) in [6.45, 7) is 1.69. The van der Waals surface area contributed by atoms with Crippen molar-refractivity contribution in [3.05, 3.63) is 58.9 Å². The molecule has 1 amide bonds. The molecule has 0 spiro atoms. The van der Waals surface area contributed by atoms with Crippen LogP contribution >= 0.6 is 23.1 Å². The number of carbonyl (C=O) groups excluding carboxylic acids is 1. The summed E-state index contributed by atoms with van der Waals surface area (Å²) in [6, 6.07) is 14.3. The third kappa shape index (κ3) is 4.10. The molecule has 0 saturated carbocycles. The van der Waals surface area contributed by atoms with Gasteiger partial charge in [-0.15, -0.1) is 5.10 Å². The fourth-order valence-corrected chi connectivity index (χ4v) is 2.70. The minimum atomic E-state index is -0.647. The lowest BCUT2D eigenvalue weighted by atomic mass is 10.1. The van der Waals surface area contributed by atoms with Crippen LogP contribution in [0.4, 0.5) is 5.69 Å². The molecule has 3 aromatic rings. The molecule has 24 heavy (non-hydrogen) atoms. The van der Waals surface area contributed by atoms with Crippen LogP contribution in [0.3, 0.4) is 0 Å². The summed E-state index contributed by atoms with van der Waals surface area (Å²) in [5.41, 5.74) is 2.45. The van der Waals surface area contributed by atoms with E-state index in [2.05, 4.69) is 14.9 Å². The fourth-order valence-electron chi connectivity index (χ4n) is 2.06. The van der Waals surface area contributed by atoms with Crippen molar-refractivity contribution in [3.8, 4) is 17.0 Å². The van der Waals surface area contributed by atoms with Crippen LogP contribution in [0, 0.1) is 0 Å². The molecule has 5 nitrogen and oxygen atoms in total. The first kappa shape index (κ1) is 16.4. The number of halogens is 1. The van der Waals surface area contributed by atoms with Crippen LogP contribution in [-0.4, -0.2) is 21.6 Å². The fraction of sp³-hybridized carbons (Fsp3) is 0.118. The van der Waals surface area contributed by atoms with Crippen molar-refractivity contribution in [1.82, 2.24) is 9.59 Å². The number of hydrogen-bond acceptors (Lipinski definition) is 5. The van der Waals surface area contributed by atoms with Gasteiger partial charge >= 0.3 is 0 Å². The van der Waals surface area contributed by atoms with Gasteiger partial charge in [-0.05, 0) is 48.8 Å². The Hall–Kier alpha value is -2.44. The molecule has 3 rings (SSSR count). The van der Waals surface area contributed by atoms with Crippen molar-refractivity contribution in [2.75, 3.05) is 5.32 Å². The van der Waals surface area contributed by atoms with E-state index in [0.717, 1.165) is 11.3 Å². The number of ether oxygens (including phenoxy) is 1. The lowest BCUT2D eigenvalue weighted by Crippen LogP contribution is -2.30. The van der Waals surface area contributed by atoms with Crippen LogP contribution in [0.5, 0.6) is 5.75 Å². The Morgan fingerprint density at radius 3 is 2.71 bits per heavy atom. The Morgan fingerprint density at radius 1 is 1.25 bits per heavy atom. The summed E-state index contributed by atoms with van der Waals surface area (Å²) in [7, 11) is 0. The molecule has 0 aliphatic rings. The largest absolute Gasteiger partial charge is 0.481 e. The summed E-state index contributed by atoms with van der Waals surface area (Å²) in [4.78, 5) is 12.2. The van der Waals surface area contributed by atoms with E-state index in [0.29, 0.717) is 16.5 Å². The molecule has 0 radical (unpaired) electrons. The molecule has 122 valence electrons. The highest BCUT2D eigenvalue weighted by Gasteiger charge is 2.15. The van der Waals surface area contributed by atoms with Gasteiger partial charge in [0.15, 0.2) is 6.10 Å². The molecule has 7 heteroatoms. The van der Waals surface area contributed by atoms with Gasteiger partial charge < -0.3 is 10.1 Å². The van der Waals surface area contributed by atoms with E-state index in [1.807, 2.05) is 29.6 Å². The van der Waals surface area contributed by atoms with Crippen LogP contribution in [-0.2, 0) is 4.79 Å². The van der Waals surface area contributed by atoms with Gasteiger partial charge in [0.05, 0.1) is 0 Å². The van der Waals surface area contributed by atoms with Crippen LogP contribution < -0.4 is 10.1 Å². The molecule has 1 atom stereocenters. The van der Waals surface area contributed by atoms with Gasteiger partial charge in [-0.3, -0.25) is 4.79 Å². The Kier molecular flexibility index (Phi) is 5.08. The van der Waals surface area contributed by atoms with Crippen LogP contribution in [0.2, 0.25) is 5.02 Å². The standard InChI is InChI=1S/C17H14ClN3O2S/c1-11(23-15-4-2-3-13(18)9-15)17(22)19-14-7-5-12(6-8-14)16-10-24-21-20-16/h2-11H,1H3,(H,19,22). The van der Waals surface area contributed by atoms with Crippen LogP contribution in [0.1, 0.15) is 6.92 Å². The van der Waals surface area contributed by atoms with Crippen LogP contribution in [0.25, 0.3) is 11.3 Å².